The van der Waals surface area contributed by atoms with Crippen LogP contribution in [0, 0.1) is 24.2 Å². The monoisotopic (exact) mass is 1650 g/mol. The summed E-state index contributed by atoms with van der Waals surface area (Å²) in [7, 11) is 0. The molecule has 0 bridgehead atoms. The van der Waals surface area contributed by atoms with Crippen molar-refractivity contribution in [3.63, 3.8) is 0 Å². The van der Waals surface area contributed by atoms with Crippen molar-refractivity contribution < 1.29 is 86.0 Å². The molecule has 0 atom stereocenters. The maximum absolute atomic E-state index is 13.2. The second kappa shape index (κ2) is 57.0. The normalized spacial score (nSPS) is 10.5. The van der Waals surface area contributed by atoms with Gasteiger partial charge in [0.2, 0.25) is 11.8 Å². The third-order valence-corrected chi connectivity index (χ3v) is 16.9. The van der Waals surface area contributed by atoms with Gasteiger partial charge < -0.3 is 50.5 Å². The van der Waals surface area contributed by atoms with Crippen LogP contribution in [0.5, 0.6) is 0 Å². The summed E-state index contributed by atoms with van der Waals surface area (Å²) in [5.74, 6) is 5.90. The maximum Gasteiger partial charge on any atom is 0.373 e. The van der Waals surface area contributed by atoms with Crippen molar-refractivity contribution in [1.82, 2.24) is 49.3 Å². The van der Waals surface area contributed by atoms with Gasteiger partial charge in [-0.25, -0.2) is 9.97 Å². The summed E-state index contributed by atoms with van der Waals surface area (Å²) in [5, 5.41) is 9.90. The SMILES string of the molecule is C.C#Cc1ccc(NC(=O)CN(CCC)CCN(CCN(CC(=O)OCC)CC(=O)OCC)CC(=O)OCC)cc1.CCCN(CCN(CCN(CC(=O)OCC)CC(=O)OCC)CC(=O)OCC)CC(=O)Nc1ccc(C#Cc2ccc3c(N)cc4cccnc4c3n2)cc1.Nc1cc2cccnc2c2nc(Cl)ccc12.O=C=O.O=C=O. The quantitative estimate of drug-likeness (QED) is 0.00710. The van der Waals surface area contributed by atoms with Crippen molar-refractivity contribution in [2.45, 2.75) is 75.7 Å². The van der Waals surface area contributed by atoms with Crippen molar-refractivity contribution in [2.75, 3.05) is 180 Å². The number of pyridine rings is 4. The first-order valence-electron chi connectivity index (χ1n) is 38.0. The van der Waals surface area contributed by atoms with Crippen molar-refractivity contribution in [3.8, 4) is 24.2 Å². The van der Waals surface area contributed by atoms with Crippen LogP contribution in [0.1, 0.15) is 92.5 Å². The number of halogens is 1. The first kappa shape index (κ1) is 100. The highest BCUT2D eigenvalue weighted by Crippen LogP contribution is 2.30. The molecule has 0 unspecified atom stereocenters. The number of carbonyl (C=O) groups excluding carboxylic acids is 12. The van der Waals surface area contributed by atoms with Crippen LogP contribution in [-0.4, -0.2) is 267 Å². The smallest absolute Gasteiger partial charge is 0.373 e. The van der Waals surface area contributed by atoms with E-state index in [-0.39, 0.29) is 135 Å². The lowest BCUT2D eigenvalue weighted by Gasteiger charge is -2.29. The predicted molar refractivity (Wildman–Crippen MR) is 448 cm³/mol. The van der Waals surface area contributed by atoms with Gasteiger partial charge in [0, 0.05) is 120 Å². The molecular formula is C85H107ClN14O18. The van der Waals surface area contributed by atoms with Gasteiger partial charge in [-0.15, -0.1) is 6.42 Å². The fraction of sp³-hybridized carbons (Fsp3) is 0.412. The second-order valence-electron chi connectivity index (χ2n) is 25.4. The van der Waals surface area contributed by atoms with Crippen molar-refractivity contribution in [3.05, 3.63) is 144 Å². The largest absolute Gasteiger partial charge is 0.465 e. The highest BCUT2D eigenvalue weighted by molar-refractivity contribution is 6.30. The molecule has 0 saturated carbocycles. The van der Waals surface area contributed by atoms with E-state index >= 15 is 0 Å². The van der Waals surface area contributed by atoms with E-state index < -0.39 is 23.9 Å². The van der Waals surface area contributed by atoms with E-state index in [9.17, 15) is 38.4 Å². The molecule has 8 rings (SSSR count). The summed E-state index contributed by atoms with van der Waals surface area (Å²) in [4.78, 5) is 161. The molecule has 0 aliphatic heterocycles. The molecule has 4 aromatic carbocycles. The summed E-state index contributed by atoms with van der Waals surface area (Å²) >= 11 is 5.89. The molecule has 0 radical (unpaired) electrons. The van der Waals surface area contributed by atoms with Gasteiger partial charge in [0.05, 0.1) is 109 Å². The lowest BCUT2D eigenvalue weighted by Crippen LogP contribution is -2.45. The van der Waals surface area contributed by atoms with Gasteiger partial charge in [-0.05, 0) is 170 Å². The number of carbonyl (C=O) groups is 8. The zero-order valence-electron chi connectivity index (χ0n) is 67.4. The molecule has 32 nitrogen and oxygen atoms in total. The minimum Gasteiger partial charge on any atom is -0.465 e. The van der Waals surface area contributed by atoms with E-state index in [2.05, 4.69) is 43.3 Å². The van der Waals surface area contributed by atoms with Gasteiger partial charge in [0.15, 0.2) is 0 Å². The van der Waals surface area contributed by atoms with E-state index in [0.29, 0.717) is 105 Å². The van der Waals surface area contributed by atoms with Crippen LogP contribution in [0.2, 0.25) is 5.15 Å². The molecule has 118 heavy (non-hydrogen) atoms. The van der Waals surface area contributed by atoms with Gasteiger partial charge >= 0.3 is 48.1 Å². The Hall–Kier alpha value is -12.2. The molecule has 0 saturated heterocycles. The Labute approximate surface area is 692 Å². The van der Waals surface area contributed by atoms with E-state index in [1.165, 1.54) is 0 Å². The fourth-order valence-corrected chi connectivity index (χ4v) is 11.7. The van der Waals surface area contributed by atoms with E-state index in [1.807, 2.05) is 100 Å². The number of hydrogen-bond donors (Lipinski definition) is 4. The first-order valence-corrected chi connectivity index (χ1v) is 38.4. The van der Waals surface area contributed by atoms with Gasteiger partial charge in [-0.3, -0.25) is 77.7 Å². The number of aromatic nitrogens is 4. The summed E-state index contributed by atoms with van der Waals surface area (Å²) in [5.41, 5.74) is 20.0. The number of terminal acetylenes is 1. The molecule has 8 aromatic rings. The number of ether oxygens (including phenoxy) is 6. The van der Waals surface area contributed by atoms with Gasteiger partial charge in [-0.2, -0.15) is 19.2 Å². The Kier molecular flexibility index (Phi) is 48.3. The van der Waals surface area contributed by atoms with Crippen LogP contribution in [0.3, 0.4) is 0 Å². The molecule has 0 aliphatic rings. The Balaban J connectivity index is 0.000000493. The molecule has 2 amide bonds. The average Bonchev–Trinajstić information content (AvgIpc) is 0.787. The van der Waals surface area contributed by atoms with Crippen LogP contribution < -0.4 is 22.1 Å². The van der Waals surface area contributed by atoms with E-state index in [0.717, 1.165) is 62.1 Å². The Morgan fingerprint density at radius 2 is 0.712 bits per heavy atom. The number of nitrogen functional groups attached to an aromatic ring is 2. The topological polar surface area (TPSA) is 407 Å². The van der Waals surface area contributed by atoms with Crippen molar-refractivity contribution >= 4 is 138 Å². The zero-order chi connectivity index (χ0) is 85.9. The van der Waals surface area contributed by atoms with E-state index in [1.54, 1.807) is 106 Å². The second-order valence-corrected chi connectivity index (χ2v) is 25.8. The Morgan fingerprint density at radius 1 is 0.398 bits per heavy atom. The molecule has 4 heterocycles. The average molecular weight is 1650 g/mol. The van der Waals surface area contributed by atoms with Crippen LogP contribution >= 0.6 is 11.6 Å². The number of nitrogens with two attached hydrogens (primary N) is 2. The minimum atomic E-state index is -0.456. The Bertz CT molecular complexity index is 4650. The third kappa shape index (κ3) is 37.6. The molecule has 0 spiro atoms. The number of anilines is 4. The Morgan fingerprint density at radius 3 is 1.05 bits per heavy atom. The highest BCUT2D eigenvalue weighted by atomic mass is 35.5. The third-order valence-electron chi connectivity index (χ3n) is 16.7. The summed E-state index contributed by atoms with van der Waals surface area (Å²) in [6, 6.07) is 33.1. The highest BCUT2D eigenvalue weighted by Gasteiger charge is 2.24. The molecule has 0 fully saturated rings. The number of esters is 6. The number of hydrogen-bond acceptors (Lipinski definition) is 30. The molecule has 632 valence electrons. The molecule has 0 aliphatic carbocycles. The van der Waals surface area contributed by atoms with Crippen LogP contribution in [-0.2, 0) is 86.0 Å². The van der Waals surface area contributed by atoms with Crippen molar-refractivity contribution in [2.24, 2.45) is 0 Å². The maximum atomic E-state index is 13.2. The number of benzene rings is 4. The van der Waals surface area contributed by atoms with Crippen LogP contribution in [0.4, 0.5) is 22.7 Å². The number of fused-ring (bicyclic) bond motifs is 6. The summed E-state index contributed by atoms with van der Waals surface area (Å²) in [6.07, 6.45) is 11.0. The van der Waals surface area contributed by atoms with Gasteiger partial charge in [0.25, 0.3) is 0 Å². The molecular weight excluding hydrogens is 1540 g/mol. The van der Waals surface area contributed by atoms with Gasteiger partial charge in [-0.1, -0.05) is 56.8 Å². The van der Waals surface area contributed by atoms with Crippen LogP contribution in [0.15, 0.2) is 122 Å². The first-order chi connectivity index (χ1) is 56.4. The lowest BCUT2D eigenvalue weighted by atomic mass is 10.1. The summed E-state index contributed by atoms with van der Waals surface area (Å²) < 4.78 is 30.6. The summed E-state index contributed by atoms with van der Waals surface area (Å²) in [6.45, 7) is 20.5. The number of amides is 2. The van der Waals surface area contributed by atoms with Crippen molar-refractivity contribution in [1.29, 1.82) is 0 Å². The predicted octanol–water partition coefficient (Wildman–Crippen LogP) is 7.81. The van der Waals surface area contributed by atoms with Gasteiger partial charge in [0.1, 0.15) is 16.4 Å². The standard InChI is InChI=1S/C41H51N7O7.C29H44N4O7.C12H8ClN3.2CO2.CH4/c1-5-20-46(21-22-47(27-37(50)53-6-2)23-24-48(28-38(51)54-7-3)29-39(52)55-8-4)26-36(49)44-32-14-11-30(12-15-32)13-16-33-17-18-34-35(42)25-31-10-9-19-43-40(31)41(34)45-33;1-6-15-31(20-26(34)30-25-13-11-24(7-2)12-14-25)16-17-32(21-27(35)38-8-3)18-19-33(22-28(36)39-9-4)23-29(37)40-10-5;13-10-4-3-8-9(14)6-7-2-1-5-15-11(7)12(8)16-10;2*2-1-3;/h9-12,14-15,17-19,25H,5-8,20-24,26-29,42H2,1-4H3,(H,44,49);2,11-14H,6,8-10,15-23H2,1,3-5H3,(H,30,34);1-6H,14H2;;;1H4. The minimum absolute atomic E-state index is 0. The van der Waals surface area contributed by atoms with Crippen LogP contribution in [0.25, 0.3) is 43.6 Å². The number of nitrogens with one attached hydrogen (secondary N) is 2. The number of nitrogens with zero attached hydrogens (tertiary/aromatic N) is 10. The van der Waals surface area contributed by atoms with E-state index in [4.69, 9.17) is 82.1 Å². The molecule has 6 N–H and O–H groups in total. The lowest BCUT2D eigenvalue weighted by molar-refractivity contribution is -0.193. The molecule has 33 heteroatoms. The number of rotatable bonds is 40. The molecule has 4 aromatic heterocycles. The zero-order valence-corrected chi connectivity index (χ0v) is 68.1. The fourth-order valence-electron chi connectivity index (χ4n) is 11.6.